The SMILES string of the molecule is C[C@@H]1[C@H]2C[C@@H](C[C@H]1B(/C=C/S(=O)(=O)c1ccccc1)[C@@H]1C[C@@H]3C[C@H]([C@H]1C)C3(C)C)C2(C)C. The Morgan fingerprint density at radius 3 is 1.69 bits per heavy atom. The molecule has 0 radical (unpaired) electrons. The fraction of sp³-hybridized carbons (Fsp3) is 0.714. The first kappa shape index (κ1) is 22.8. The van der Waals surface area contributed by atoms with Crippen LogP contribution in [0.3, 0.4) is 0 Å². The number of sulfone groups is 1. The highest BCUT2D eigenvalue weighted by atomic mass is 32.2. The molecule has 0 unspecified atom stereocenters. The van der Waals surface area contributed by atoms with Crippen molar-refractivity contribution >= 4 is 16.6 Å². The monoisotopic (exact) mass is 452 g/mol. The summed E-state index contributed by atoms with van der Waals surface area (Å²) >= 11 is 0. The lowest BCUT2D eigenvalue weighted by atomic mass is 9.21. The smallest absolute Gasteiger partial charge is 0.198 e. The van der Waals surface area contributed by atoms with Crippen LogP contribution in [0, 0.1) is 46.3 Å². The van der Waals surface area contributed by atoms with E-state index in [0.29, 0.717) is 45.9 Å². The van der Waals surface area contributed by atoms with E-state index in [1.165, 1.54) is 25.7 Å². The summed E-state index contributed by atoms with van der Waals surface area (Å²) in [4.78, 5) is 0.413. The van der Waals surface area contributed by atoms with Gasteiger partial charge in [0.15, 0.2) is 16.6 Å². The van der Waals surface area contributed by atoms with Gasteiger partial charge < -0.3 is 0 Å². The summed E-state index contributed by atoms with van der Waals surface area (Å²) < 4.78 is 26.3. The number of rotatable bonds is 5. The van der Waals surface area contributed by atoms with Gasteiger partial charge in [-0.3, -0.25) is 0 Å². The van der Waals surface area contributed by atoms with E-state index in [-0.39, 0.29) is 0 Å². The molecule has 0 aliphatic heterocycles. The lowest BCUT2D eigenvalue weighted by Crippen LogP contribution is -2.59. The van der Waals surface area contributed by atoms with Crippen LogP contribution >= 0.6 is 0 Å². The molecule has 2 nitrogen and oxygen atoms in total. The summed E-state index contributed by atoms with van der Waals surface area (Å²) in [6.45, 7) is 15.2. The fourth-order valence-corrected chi connectivity index (χ4v) is 9.96. The third kappa shape index (κ3) is 3.29. The minimum absolute atomic E-state index is 0.376. The van der Waals surface area contributed by atoms with Crippen LogP contribution in [0.2, 0.25) is 11.6 Å². The van der Waals surface area contributed by atoms with Gasteiger partial charge in [-0.2, -0.15) is 0 Å². The molecule has 1 aromatic rings. The Morgan fingerprint density at radius 1 is 0.812 bits per heavy atom. The summed E-state index contributed by atoms with van der Waals surface area (Å²) in [5, 5.41) is 1.57. The molecule has 6 saturated carbocycles. The van der Waals surface area contributed by atoms with E-state index in [0.717, 1.165) is 23.7 Å². The van der Waals surface area contributed by atoms with E-state index in [9.17, 15) is 8.42 Å². The van der Waals surface area contributed by atoms with Gasteiger partial charge in [-0.1, -0.05) is 84.2 Å². The van der Waals surface area contributed by atoms with Gasteiger partial charge in [0, 0.05) is 5.41 Å². The van der Waals surface area contributed by atoms with Crippen molar-refractivity contribution in [3.05, 3.63) is 41.7 Å². The maximum atomic E-state index is 13.1. The Bertz CT molecular complexity index is 954. The highest BCUT2D eigenvalue weighted by molar-refractivity contribution is 7.94. The van der Waals surface area contributed by atoms with Crippen LogP contribution in [-0.2, 0) is 9.84 Å². The molecule has 4 bridgehead atoms. The van der Waals surface area contributed by atoms with Crippen LogP contribution in [-0.4, -0.2) is 15.1 Å². The summed E-state index contributed by atoms with van der Waals surface area (Å²) in [6.07, 6.45) is 5.30. The summed E-state index contributed by atoms with van der Waals surface area (Å²) in [7, 11) is -3.40. The van der Waals surface area contributed by atoms with Gasteiger partial charge in [-0.25, -0.2) is 8.42 Å². The number of fused-ring (bicyclic) bond motifs is 4. The quantitative estimate of drug-likeness (QED) is 0.445. The van der Waals surface area contributed by atoms with Crippen molar-refractivity contribution in [2.45, 2.75) is 83.8 Å². The molecule has 0 aromatic heterocycles. The molecule has 0 heterocycles. The molecule has 174 valence electrons. The second kappa shape index (κ2) is 7.49. The van der Waals surface area contributed by atoms with Gasteiger partial charge in [0.25, 0.3) is 0 Å². The van der Waals surface area contributed by atoms with E-state index in [1.54, 1.807) is 17.5 Å². The van der Waals surface area contributed by atoms with Crippen molar-refractivity contribution in [3.8, 4) is 0 Å². The second-order valence-electron chi connectivity index (χ2n) is 13.0. The minimum Gasteiger partial charge on any atom is -0.219 e. The highest BCUT2D eigenvalue weighted by Crippen LogP contribution is 2.69. The molecule has 6 fully saturated rings. The van der Waals surface area contributed by atoms with Crippen LogP contribution in [0.25, 0.3) is 0 Å². The molecule has 8 atom stereocenters. The molecule has 0 amide bonds. The van der Waals surface area contributed by atoms with Crippen LogP contribution in [0.15, 0.2) is 46.6 Å². The number of hydrogen-bond donors (Lipinski definition) is 0. The van der Waals surface area contributed by atoms with Crippen LogP contribution in [0.1, 0.15) is 67.2 Å². The Labute approximate surface area is 196 Å². The summed E-state index contributed by atoms with van der Waals surface area (Å²) in [5.41, 5.74) is 0.922. The highest BCUT2D eigenvalue weighted by Gasteiger charge is 2.61. The molecular formula is C28H41BO2S. The molecule has 32 heavy (non-hydrogen) atoms. The molecule has 7 rings (SSSR count). The van der Waals surface area contributed by atoms with Gasteiger partial charge in [-0.05, 0) is 71.3 Å². The van der Waals surface area contributed by atoms with Crippen LogP contribution in [0.4, 0.5) is 0 Å². The topological polar surface area (TPSA) is 34.1 Å². The van der Waals surface area contributed by atoms with Crippen LogP contribution in [0.5, 0.6) is 0 Å². The third-order valence-corrected chi connectivity index (χ3v) is 12.8. The Kier molecular flexibility index (Phi) is 5.32. The fourth-order valence-electron chi connectivity index (χ4n) is 8.88. The van der Waals surface area contributed by atoms with E-state index in [1.807, 2.05) is 18.2 Å². The van der Waals surface area contributed by atoms with Gasteiger partial charge in [0.1, 0.15) is 0 Å². The molecule has 4 heteroatoms. The standard InChI is InChI=1S/C28H41BO2S/c1-18-23-14-20(27(23,3)4)16-25(18)29(12-13-32(30,31)22-10-8-7-9-11-22)26-17-21-15-24(19(26)2)28(21,5)6/h7-13,18-21,23-26H,14-17H2,1-6H3/b13-12+/t18-,19-,20+,21+,23-,24-,25-,26-/m1/s1. The number of hydrogen-bond acceptors (Lipinski definition) is 2. The predicted octanol–water partition coefficient (Wildman–Crippen LogP) is 7.15. The Morgan fingerprint density at radius 2 is 1.28 bits per heavy atom. The van der Waals surface area contributed by atoms with Crippen molar-refractivity contribution in [1.82, 2.24) is 0 Å². The Balaban J connectivity index is 1.47. The van der Waals surface area contributed by atoms with Crippen molar-refractivity contribution in [2.24, 2.45) is 46.3 Å². The maximum Gasteiger partial charge on any atom is 0.198 e. The minimum atomic E-state index is -3.40. The maximum absolute atomic E-state index is 13.1. The van der Waals surface area contributed by atoms with Gasteiger partial charge in [0.05, 0.1) is 4.90 Å². The molecule has 0 saturated heterocycles. The van der Waals surface area contributed by atoms with E-state index < -0.39 is 9.84 Å². The van der Waals surface area contributed by atoms with Crippen molar-refractivity contribution in [3.63, 3.8) is 0 Å². The molecular weight excluding hydrogens is 411 g/mol. The first-order valence-electron chi connectivity index (χ1n) is 12.9. The average Bonchev–Trinajstić information content (AvgIpc) is 2.75. The number of benzene rings is 1. The summed E-state index contributed by atoms with van der Waals surface area (Å²) in [6, 6.07) is 8.94. The molecule has 6 aliphatic rings. The van der Waals surface area contributed by atoms with Crippen LogP contribution < -0.4 is 0 Å². The molecule has 0 spiro atoms. The van der Waals surface area contributed by atoms with Crippen molar-refractivity contribution in [2.75, 3.05) is 0 Å². The zero-order chi connectivity index (χ0) is 23.1. The first-order chi connectivity index (χ1) is 14.9. The first-order valence-corrected chi connectivity index (χ1v) is 14.5. The lowest BCUT2D eigenvalue weighted by molar-refractivity contribution is -0.107. The average molecular weight is 453 g/mol. The summed E-state index contributed by atoms with van der Waals surface area (Å²) in [5.74, 6) is 7.91. The van der Waals surface area contributed by atoms with Crippen molar-refractivity contribution in [1.29, 1.82) is 0 Å². The van der Waals surface area contributed by atoms with Gasteiger partial charge >= 0.3 is 0 Å². The Hall–Kier alpha value is -1.03. The zero-order valence-electron chi connectivity index (χ0n) is 20.8. The van der Waals surface area contributed by atoms with Gasteiger partial charge in [0.2, 0.25) is 0 Å². The largest absolute Gasteiger partial charge is 0.219 e. The normalized spacial score (nSPS) is 41.6. The van der Waals surface area contributed by atoms with Crippen molar-refractivity contribution < 1.29 is 8.42 Å². The second-order valence-corrected chi connectivity index (χ2v) is 14.8. The molecule has 1 aromatic carbocycles. The molecule has 6 aliphatic carbocycles. The molecule has 0 N–H and O–H groups in total. The van der Waals surface area contributed by atoms with E-state index >= 15 is 0 Å². The predicted molar refractivity (Wildman–Crippen MR) is 134 cm³/mol. The zero-order valence-corrected chi connectivity index (χ0v) is 21.6. The van der Waals surface area contributed by atoms with E-state index in [4.69, 9.17) is 0 Å². The third-order valence-electron chi connectivity index (χ3n) is 11.4. The van der Waals surface area contributed by atoms with Gasteiger partial charge in [-0.15, -0.1) is 5.98 Å². The van der Waals surface area contributed by atoms with E-state index in [2.05, 4.69) is 47.5 Å². The lowest BCUT2D eigenvalue weighted by Gasteiger charge is -2.66.